The van der Waals surface area contributed by atoms with Crippen LogP contribution in [0.15, 0.2) is 30.3 Å². The van der Waals surface area contributed by atoms with Crippen molar-refractivity contribution in [3.05, 3.63) is 30.3 Å². The molecule has 19 heavy (non-hydrogen) atoms. The van der Waals surface area contributed by atoms with Crippen LogP contribution in [-0.4, -0.2) is 50.3 Å². The highest BCUT2D eigenvalue weighted by atomic mass is 16.5. The van der Waals surface area contributed by atoms with E-state index in [1.165, 1.54) is 0 Å². The third-order valence-corrected chi connectivity index (χ3v) is 3.16. The lowest BCUT2D eigenvalue weighted by Crippen LogP contribution is -2.41. The Hall–Kier alpha value is -1.59. The molecule has 1 atom stereocenters. The highest BCUT2D eigenvalue weighted by Crippen LogP contribution is 2.07. The maximum absolute atomic E-state index is 11.9. The number of ether oxygens (including phenoxy) is 1. The Morgan fingerprint density at radius 2 is 2.26 bits per heavy atom. The molecule has 104 valence electrons. The predicted octanol–water partition coefficient (Wildman–Crippen LogP) is 1.53. The summed E-state index contributed by atoms with van der Waals surface area (Å²) in [5.74, 6) is 0. The van der Waals surface area contributed by atoms with Crippen LogP contribution in [0.2, 0.25) is 0 Å². The Kier molecular flexibility index (Phi) is 5.18. The molecule has 1 aliphatic rings. The molecular weight excluding hydrogens is 242 g/mol. The Bertz CT molecular complexity index is 391. The Morgan fingerprint density at radius 3 is 2.95 bits per heavy atom. The van der Waals surface area contributed by atoms with E-state index in [1.807, 2.05) is 30.3 Å². The number of nitrogens with zero attached hydrogens (tertiary/aromatic N) is 1. The molecule has 0 aliphatic carbocycles. The Balaban J connectivity index is 1.73. The number of urea groups is 1. The number of hydrogen-bond acceptors (Lipinski definition) is 3. The molecule has 2 N–H and O–H groups in total. The first-order chi connectivity index (χ1) is 9.25. The number of morpholine rings is 1. The molecule has 1 fully saturated rings. The minimum atomic E-state index is -0.0880. The van der Waals surface area contributed by atoms with Crippen LogP contribution in [0.5, 0.6) is 0 Å². The minimum Gasteiger partial charge on any atom is -0.376 e. The quantitative estimate of drug-likeness (QED) is 0.866. The largest absolute Gasteiger partial charge is 0.376 e. The fraction of sp³-hybridized carbons (Fsp3) is 0.500. The normalized spacial score (nSPS) is 18.9. The van der Waals surface area contributed by atoms with Gasteiger partial charge in [-0.25, -0.2) is 4.79 Å². The van der Waals surface area contributed by atoms with E-state index in [0.717, 1.165) is 31.8 Å². The van der Waals surface area contributed by atoms with E-state index in [-0.39, 0.29) is 12.1 Å². The van der Waals surface area contributed by atoms with Crippen molar-refractivity contribution < 1.29 is 9.53 Å². The van der Waals surface area contributed by atoms with Crippen LogP contribution in [-0.2, 0) is 4.74 Å². The van der Waals surface area contributed by atoms with Crippen molar-refractivity contribution in [3.8, 4) is 0 Å². The lowest BCUT2D eigenvalue weighted by atomic mass is 10.2. The van der Waals surface area contributed by atoms with Gasteiger partial charge in [0, 0.05) is 32.4 Å². The second-order valence-electron chi connectivity index (χ2n) is 4.70. The van der Waals surface area contributed by atoms with Crippen LogP contribution >= 0.6 is 0 Å². The third-order valence-electron chi connectivity index (χ3n) is 3.16. The molecule has 0 spiro atoms. The van der Waals surface area contributed by atoms with Crippen molar-refractivity contribution in [2.24, 2.45) is 0 Å². The van der Waals surface area contributed by atoms with Crippen molar-refractivity contribution in [2.75, 3.05) is 38.6 Å². The third kappa shape index (κ3) is 4.54. The van der Waals surface area contributed by atoms with Gasteiger partial charge in [0.2, 0.25) is 0 Å². The monoisotopic (exact) mass is 263 g/mol. The number of carbonyl (C=O) groups is 1. The first-order valence-corrected chi connectivity index (χ1v) is 6.65. The molecule has 1 saturated heterocycles. The lowest BCUT2D eigenvalue weighted by Gasteiger charge is -2.26. The smallest absolute Gasteiger partial charge is 0.321 e. The fourth-order valence-corrected chi connectivity index (χ4v) is 1.98. The van der Waals surface area contributed by atoms with Crippen molar-refractivity contribution in [1.82, 2.24) is 10.2 Å². The number of hydrogen-bond donors (Lipinski definition) is 2. The van der Waals surface area contributed by atoms with Gasteiger partial charge in [0.15, 0.2) is 0 Å². The molecule has 1 heterocycles. The molecule has 5 nitrogen and oxygen atoms in total. The SMILES string of the molecule is CN(CCC1CNCCO1)C(=O)Nc1ccccc1. The topological polar surface area (TPSA) is 53.6 Å². The average Bonchev–Trinajstić information content (AvgIpc) is 2.47. The maximum Gasteiger partial charge on any atom is 0.321 e. The number of para-hydroxylation sites is 1. The van der Waals surface area contributed by atoms with E-state index in [0.29, 0.717) is 6.54 Å². The zero-order valence-corrected chi connectivity index (χ0v) is 11.3. The summed E-state index contributed by atoms with van der Waals surface area (Å²) >= 11 is 0. The molecule has 2 amide bonds. The van der Waals surface area contributed by atoms with Gasteiger partial charge < -0.3 is 20.3 Å². The fourth-order valence-electron chi connectivity index (χ4n) is 1.98. The maximum atomic E-state index is 11.9. The number of rotatable bonds is 4. The summed E-state index contributed by atoms with van der Waals surface area (Å²) in [7, 11) is 1.80. The molecule has 1 aromatic carbocycles. The van der Waals surface area contributed by atoms with Crippen LogP contribution in [0.25, 0.3) is 0 Å². The number of anilines is 1. The summed E-state index contributed by atoms with van der Waals surface area (Å²) in [5, 5.41) is 6.14. The van der Waals surface area contributed by atoms with Gasteiger partial charge >= 0.3 is 6.03 Å². The Morgan fingerprint density at radius 1 is 1.47 bits per heavy atom. The molecule has 1 aliphatic heterocycles. The molecule has 2 rings (SSSR count). The van der Waals surface area contributed by atoms with Gasteiger partial charge in [-0.2, -0.15) is 0 Å². The molecule has 1 unspecified atom stereocenters. The molecule has 0 aromatic heterocycles. The molecular formula is C14H21N3O2. The van der Waals surface area contributed by atoms with Gasteiger partial charge in [0.25, 0.3) is 0 Å². The summed E-state index contributed by atoms with van der Waals surface area (Å²) in [6.45, 7) is 3.23. The van der Waals surface area contributed by atoms with Crippen LogP contribution in [0, 0.1) is 0 Å². The van der Waals surface area contributed by atoms with E-state index in [1.54, 1.807) is 11.9 Å². The van der Waals surface area contributed by atoms with E-state index in [4.69, 9.17) is 4.74 Å². The van der Waals surface area contributed by atoms with Crippen molar-refractivity contribution in [3.63, 3.8) is 0 Å². The summed E-state index contributed by atoms with van der Waals surface area (Å²) in [6, 6.07) is 9.39. The first kappa shape index (κ1) is 13.8. The van der Waals surface area contributed by atoms with E-state index < -0.39 is 0 Å². The highest BCUT2D eigenvalue weighted by molar-refractivity contribution is 5.89. The highest BCUT2D eigenvalue weighted by Gasteiger charge is 2.15. The van der Waals surface area contributed by atoms with Gasteiger partial charge in [0.05, 0.1) is 12.7 Å². The van der Waals surface area contributed by atoms with Crippen LogP contribution < -0.4 is 10.6 Å². The molecule has 0 bridgehead atoms. The second kappa shape index (κ2) is 7.11. The van der Waals surface area contributed by atoms with Gasteiger partial charge in [-0.1, -0.05) is 18.2 Å². The summed E-state index contributed by atoms with van der Waals surface area (Å²) in [6.07, 6.45) is 1.06. The average molecular weight is 263 g/mol. The lowest BCUT2D eigenvalue weighted by molar-refractivity contribution is 0.0206. The van der Waals surface area contributed by atoms with Crippen LogP contribution in [0.3, 0.4) is 0 Å². The summed E-state index contributed by atoms with van der Waals surface area (Å²) in [4.78, 5) is 13.6. The summed E-state index contributed by atoms with van der Waals surface area (Å²) < 4.78 is 5.61. The summed E-state index contributed by atoms with van der Waals surface area (Å²) in [5.41, 5.74) is 0.815. The Labute approximate surface area is 113 Å². The van der Waals surface area contributed by atoms with Gasteiger partial charge in [-0.05, 0) is 18.6 Å². The molecule has 5 heteroatoms. The zero-order valence-electron chi connectivity index (χ0n) is 11.3. The minimum absolute atomic E-state index is 0.0880. The predicted molar refractivity (Wildman–Crippen MR) is 75.3 cm³/mol. The standard InChI is InChI=1S/C14H21N3O2/c1-17(9-7-13-11-15-8-10-19-13)14(18)16-12-5-3-2-4-6-12/h2-6,13,15H,7-11H2,1H3,(H,16,18). The molecule has 0 radical (unpaired) electrons. The second-order valence-corrected chi connectivity index (χ2v) is 4.70. The number of amides is 2. The van der Waals surface area contributed by atoms with Crippen LogP contribution in [0.1, 0.15) is 6.42 Å². The van der Waals surface area contributed by atoms with Crippen molar-refractivity contribution in [1.29, 1.82) is 0 Å². The van der Waals surface area contributed by atoms with Gasteiger partial charge in [-0.3, -0.25) is 0 Å². The van der Waals surface area contributed by atoms with Crippen LogP contribution in [0.4, 0.5) is 10.5 Å². The van der Waals surface area contributed by atoms with E-state index in [2.05, 4.69) is 10.6 Å². The number of nitrogens with one attached hydrogen (secondary N) is 2. The van der Waals surface area contributed by atoms with Gasteiger partial charge in [0.1, 0.15) is 0 Å². The first-order valence-electron chi connectivity index (χ1n) is 6.65. The van der Waals surface area contributed by atoms with E-state index >= 15 is 0 Å². The van der Waals surface area contributed by atoms with E-state index in [9.17, 15) is 4.79 Å². The zero-order chi connectivity index (χ0) is 13.5. The molecule has 1 aromatic rings. The number of carbonyl (C=O) groups excluding carboxylic acids is 1. The number of benzene rings is 1. The molecule has 0 saturated carbocycles. The van der Waals surface area contributed by atoms with Crippen molar-refractivity contribution >= 4 is 11.7 Å². The van der Waals surface area contributed by atoms with Gasteiger partial charge in [-0.15, -0.1) is 0 Å². The van der Waals surface area contributed by atoms with Crippen molar-refractivity contribution in [2.45, 2.75) is 12.5 Å².